The maximum absolute atomic E-state index is 12.8. The predicted octanol–water partition coefficient (Wildman–Crippen LogP) is 6.79. The van der Waals surface area contributed by atoms with Gasteiger partial charge in [-0.2, -0.15) is 23.5 Å². The van der Waals surface area contributed by atoms with Crippen molar-refractivity contribution in [1.29, 1.82) is 5.26 Å². The van der Waals surface area contributed by atoms with E-state index in [0.29, 0.717) is 74.0 Å². The van der Waals surface area contributed by atoms with Crippen LogP contribution in [0.5, 0.6) is 0 Å². The SMILES string of the molecule is CC(C)(C)[Si](C)(C)OC[C@@]1(C)CN([B]C=O)c2c(C#N)cc(-c3ccnc(Nc4cc(Cl)nn4CC4CCN(CC(F)(F)F)CC4)n3)cc21. The van der Waals surface area contributed by atoms with Crippen LogP contribution in [0.2, 0.25) is 23.3 Å². The number of hydrogen-bond acceptors (Lipinski definition) is 9. The summed E-state index contributed by atoms with van der Waals surface area (Å²) in [6, 6.07) is 9.53. The summed E-state index contributed by atoms with van der Waals surface area (Å²) in [5.74, 6) is 0.978. The van der Waals surface area contributed by atoms with Gasteiger partial charge in [0.2, 0.25) is 5.95 Å². The third kappa shape index (κ3) is 8.48. The van der Waals surface area contributed by atoms with Gasteiger partial charge in [0.1, 0.15) is 18.1 Å². The van der Waals surface area contributed by atoms with Gasteiger partial charge in [-0.1, -0.05) is 39.3 Å². The molecule has 5 rings (SSSR count). The van der Waals surface area contributed by atoms with Crippen molar-refractivity contribution >= 4 is 51.0 Å². The zero-order valence-electron chi connectivity index (χ0n) is 28.7. The average Bonchev–Trinajstić information content (AvgIpc) is 3.50. The number of likely N-dealkylation sites (tertiary alicyclic amines) is 1. The highest BCUT2D eigenvalue weighted by atomic mass is 35.5. The minimum Gasteiger partial charge on any atom is -0.416 e. The molecule has 16 heteroatoms. The molecule has 261 valence electrons. The van der Waals surface area contributed by atoms with Gasteiger partial charge < -0.3 is 19.3 Å². The number of piperidine rings is 1. The van der Waals surface area contributed by atoms with Crippen LogP contribution >= 0.6 is 11.6 Å². The lowest BCUT2D eigenvalue weighted by molar-refractivity contribution is -0.148. The summed E-state index contributed by atoms with van der Waals surface area (Å²) in [5.41, 5.74) is 2.79. The van der Waals surface area contributed by atoms with Gasteiger partial charge in [0, 0.05) is 48.6 Å². The number of fused-ring (bicyclic) bond motifs is 1. The topological polar surface area (TPSA) is 112 Å². The number of carbonyl (C=O) groups is 1. The van der Waals surface area contributed by atoms with Crippen LogP contribution in [0.15, 0.2) is 30.5 Å². The first kappa shape index (κ1) is 36.8. The van der Waals surface area contributed by atoms with Crippen molar-refractivity contribution in [2.24, 2.45) is 5.92 Å². The quantitative estimate of drug-likeness (QED) is 0.170. The number of hydrogen-bond donors (Lipinski definition) is 1. The molecule has 0 amide bonds. The summed E-state index contributed by atoms with van der Waals surface area (Å²) in [6.45, 7) is 14.3. The molecule has 0 bridgehead atoms. The Bertz CT molecular complexity index is 1720. The van der Waals surface area contributed by atoms with Gasteiger partial charge in [0.05, 0.1) is 17.8 Å². The van der Waals surface area contributed by atoms with Crippen LogP contribution in [0.4, 0.5) is 30.6 Å². The van der Waals surface area contributed by atoms with Gasteiger partial charge in [0.15, 0.2) is 13.5 Å². The standard InChI is InChI=1S/C33H42BClF3N8O2Si/c1-31(2,3)49(5,6)48-20-32(4)18-45(34-21-47)29-24(16-39)13-23(14-25(29)32)26-7-10-40-30(41-26)42-28-15-27(35)43-46(28)17-22-8-11-44(12-9-22)19-33(36,37)38/h7,10,13-15,21-22H,8-9,11-12,17-20H2,1-6H3,(H,40,41,42)/t32-/m1/s1. The number of aromatic nitrogens is 4. The zero-order chi connectivity index (χ0) is 35.8. The first-order chi connectivity index (χ1) is 22.9. The maximum atomic E-state index is 12.8. The highest BCUT2D eigenvalue weighted by Gasteiger charge is 2.45. The van der Waals surface area contributed by atoms with Crippen LogP contribution in [0.3, 0.4) is 0 Å². The second kappa shape index (κ2) is 14.1. The molecule has 2 aromatic heterocycles. The molecule has 2 aliphatic heterocycles. The number of rotatable bonds is 11. The highest BCUT2D eigenvalue weighted by molar-refractivity contribution is 6.74. The number of anilines is 3. The molecular weight excluding hydrogens is 672 g/mol. The Balaban J connectivity index is 1.39. The van der Waals surface area contributed by atoms with Crippen molar-refractivity contribution < 1.29 is 22.4 Å². The smallest absolute Gasteiger partial charge is 0.401 e. The molecule has 0 spiro atoms. The first-order valence-electron chi connectivity index (χ1n) is 16.3. The minimum absolute atomic E-state index is 0.0111. The molecule has 0 saturated carbocycles. The molecule has 1 fully saturated rings. The summed E-state index contributed by atoms with van der Waals surface area (Å²) in [7, 11) is -0.644. The Kier molecular flexibility index (Phi) is 10.6. The third-order valence-electron chi connectivity index (χ3n) is 9.97. The van der Waals surface area contributed by atoms with E-state index in [1.54, 1.807) is 29.1 Å². The van der Waals surface area contributed by atoms with Gasteiger partial charge in [0.25, 0.3) is 0 Å². The Morgan fingerprint density at radius 1 is 1.22 bits per heavy atom. The van der Waals surface area contributed by atoms with Crippen molar-refractivity contribution in [3.8, 4) is 17.3 Å². The Morgan fingerprint density at radius 3 is 2.57 bits per heavy atom. The molecule has 1 radical (unpaired) electrons. The van der Waals surface area contributed by atoms with Crippen molar-refractivity contribution in [3.05, 3.63) is 46.7 Å². The van der Waals surface area contributed by atoms with Crippen molar-refractivity contribution in [1.82, 2.24) is 24.6 Å². The van der Waals surface area contributed by atoms with E-state index in [4.69, 9.17) is 21.0 Å². The zero-order valence-corrected chi connectivity index (χ0v) is 30.5. The van der Waals surface area contributed by atoms with E-state index in [-0.39, 0.29) is 22.1 Å². The van der Waals surface area contributed by atoms with Gasteiger partial charge in [-0.3, -0.25) is 4.90 Å². The van der Waals surface area contributed by atoms with E-state index in [9.17, 15) is 23.2 Å². The van der Waals surface area contributed by atoms with Gasteiger partial charge in [-0.15, -0.1) is 0 Å². The predicted molar refractivity (Wildman–Crippen MR) is 188 cm³/mol. The summed E-state index contributed by atoms with van der Waals surface area (Å²) in [4.78, 5) is 24.1. The molecule has 10 nitrogen and oxygen atoms in total. The molecule has 49 heavy (non-hydrogen) atoms. The van der Waals surface area contributed by atoms with E-state index in [2.05, 4.69) is 62.3 Å². The number of nitriles is 1. The fourth-order valence-corrected chi connectivity index (χ4v) is 7.51. The highest BCUT2D eigenvalue weighted by Crippen LogP contribution is 2.46. The Labute approximate surface area is 292 Å². The molecule has 1 saturated heterocycles. The fourth-order valence-electron chi connectivity index (χ4n) is 6.20. The van der Waals surface area contributed by atoms with Crippen LogP contribution in [0, 0.1) is 17.2 Å². The number of benzene rings is 1. The monoisotopic (exact) mass is 713 g/mol. The lowest BCUT2D eigenvalue weighted by Crippen LogP contribution is -2.46. The second-order valence-electron chi connectivity index (χ2n) is 14.8. The number of nitrogens with zero attached hydrogens (tertiary/aromatic N) is 7. The molecular formula is C33H42BClF3N8O2Si. The fraction of sp³-hybridized carbons (Fsp3) is 0.545. The number of nitrogens with one attached hydrogen (secondary N) is 1. The number of carbonyl (C=O) groups excluding carboxylic acids is 1. The van der Waals surface area contributed by atoms with E-state index >= 15 is 0 Å². The molecule has 0 aliphatic carbocycles. The molecule has 4 heterocycles. The number of alkyl halides is 3. The molecule has 1 N–H and O–H groups in total. The summed E-state index contributed by atoms with van der Waals surface area (Å²) < 4.78 is 46.9. The average molecular weight is 714 g/mol. The maximum Gasteiger partial charge on any atom is 0.401 e. The van der Waals surface area contributed by atoms with Crippen molar-refractivity contribution in [2.45, 2.75) is 76.8 Å². The van der Waals surface area contributed by atoms with Crippen LogP contribution in [-0.4, -0.2) is 85.5 Å². The second-order valence-corrected chi connectivity index (χ2v) is 20.0. The van der Waals surface area contributed by atoms with Crippen LogP contribution in [-0.2, 0) is 21.2 Å². The molecule has 1 atom stereocenters. The van der Waals surface area contributed by atoms with Gasteiger partial charge in [-0.25, -0.2) is 14.6 Å². The van der Waals surface area contributed by atoms with Crippen molar-refractivity contribution in [2.75, 3.05) is 42.9 Å². The molecule has 3 aromatic rings. The minimum atomic E-state index is -4.21. The van der Waals surface area contributed by atoms with Crippen LogP contribution in [0.25, 0.3) is 11.3 Å². The van der Waals surface area contributed by atoms with E-state index < -0.39 is 26.5 Å². The van der Waals surface area contributed by atoms with Gasteiger partial charge >= 0.3 is 13.6 Å². The normalized spacial score (nSPS) is 19.1. The van der Waals surface area contributed by atoms with Crippen LogP contribution < -0.4 is 10.1 Å². The lowest BCUT2D eigenvalue weighted by Gasteiger charge is -2.39. The van der Waals surface area contributed by atoms with Crippen molar-refractivity contribution in [3.63, 3.8) is 0 Å². The molecule has 1 aromatic carbocycles. The molecule has 2 aliphatic rings. The van der Waals surface area contributed by atoms with E-state index in [1.807, 2.05) is 10.9 Å². The first-order valence-corrected chi connectivity index (χ1v) is 19.6. The summed E-state index contributed by atoms with van der Waals surface area (Å²) in [6.07, 6.45) is -0.636. The van der Waals surface area contributed by atoms with Gasteiger partial charge in [-0.05, 0) is 73.7 Å². The third-order valence-corrected chi connectivity index (χ3v) is 14.6. The summed E-state index contributed by atoms with van der Waals surface area (Å²) in [5, 5.41) is 18.1. The largest absolute Gasteiger partial charge is 0.416 e. The molecule has 0 unspecified atom stereocenters. The Hall–Kier alpha value is -3.45. The van der Waals surface area contributed by atoms with E-state index in [1.165, 1.54) is 12.3 Å². The summed E-state index contributed by atoms with van der Waals surface area (Å²) >= 11 is 6.29. The lowest BCUT2D eigenvalue weighted by atomic mass is 9.83. The van der Waals surface area contributed by atoms with E-state index in [0.717, 1.165) is 11.7 Å². The Morgan fingerprint density at radius 2 is 1.94 bits per heavy atom. The van der Waals surface area contributed by atoms with Crippen LogP contribution in [0.1, 0.15) is 51.7 Å². The number of halogens is 4.